The summed E-state index contributed by atoms with van der Waals surface area (Å²) in [6.07, 6.45) is 2.81. The molecule has 0 radical (unpaired) electrons. The first-order chi connectivity index (χ1) is 14.2. The molecule has 5 nitrogen and oxygen atoms in total. The Balaban J connectivity index is 1.82. The minimum atomic E-state index is -0.479. The lowest BCUT2D eigenvalue weighted by atomic mass is 9.68. The number of nitrogens with one attached hydrogen (secondary N) is 2. The molecule has 0 bridgehead atoms. The summed E-state index contributed by atoms with van der Waals surface area (Å²) in [7, 11) is 0. The molecule has 0 unspecified atom stereocenters. The maximum Gasteiger partial charge on any atom is 0.255 e. The summed E-state index contributed by atoms with van der Waals surface area (Å²) in [6, 6.07) is 12.7. The number of pyridine rings is 1. The second-order valence-electron chi connectivity index (χ2n) is 8.65. The Bertz CT molecular complexity index is 1090. The number of ketones is 1. The van der Waals surface area contributed by atoms with Gasteiger partial charge in [0, 0.05) is 46.1 Å². The van der Waals surface area contributed by atoms with Crippen LogP contribution in [0.15, 0.2) is 71.2 Å². The number of allylic oxidation sites excluding steroid dienone is 3. The van der Waals surface area contributed by atoms with Gasteiger partial charge in [-0.15, -0.1) is 0 Å². The first kappa shape index (κ1) is 20.4. The molecular formula is C24H24ClN3O2. The molecule has 1 aromatic heterocycles. The number of carbonyl (C=O) groups is 2. The summed E-state index contributed by atoms with van der Waals surface area (Å²) in [4.78, 5) is 30.8. The van der Waals surface area contributed by atoms with Crippen LogP contribution >= 0.6 is 11.6 Å². The monoisotopic (exact) mass is 421 g/mol. The van der Waals surface area contributed by atoms with Crippen molar-refractivity contribution < 1.29 is 9.59 Å². The number of nitrogens with zero attached hydrogens (tertiary/aromatic N) is 1. The number of hydrogen-bond acceptors (Lipinski definition) is 4. The van der Waals surface area contributed by atoms with E-state index >= 15 is 0 Å². The predicted octanol–water partition coefficient (Wildman–Crippen LogP) is 4.98. The van der Waals surface area contributed by atoms with Crippen LogP contribution in [0.3, 0.4) is 0 Å². The van der Waals surface area contributed by atoms with Crippen molar-refractivity contribution in [2.75, 3.05) is 5.32 Å². The van der Waals surface area contributed by atoms with Crippen LogP contribution in [0, 0.1) is 5.41 Å². The molecule has 0 saturated heterocycles. The average Bonchev–Trinajstić information content (AvgIpc) is 2.66. The van der Waals surface area contributed by atoms with Crippen molar-refractivity contribution >= 4 is 29.1 Å². The number of aromatic nitrogens is 1. The number of anilines is 1. The van der Waals surface area contributed by atoms with E-state index in [1.807, 2.05) is 31.2 Å². The van der Waals surface area contributed by atoms with Crippen molar-refractivity contribution in [1.82, 2.24) is 10.3 Å². The van der Waals surface area contributed by atoms with Gasteiger partial charge in [-0.05, 0) is 48.6 Å². The van der Waals surface area contributed by atoms with Crippen molar-refractivity contribution in [2.24, 2.45) is 5.41 Å². The minimum absolute atomic E-state index is 0.0642. The molecule has 6 heteroatoms. The van der Waals surface area contributed by atoms with E-state index in [0.29, 0.717) is 28.4 Å². The van der Waals surface area contributed by atoms with E-state index in [4.69, 9.17) is 11.6 Å². The standard InChI is InChI=1S/C24H24ClN3O2/c1-14-20(23(30)28-19-9-4-5-10-26-19)21(15-7-6-8-16(25)11-15)22-17(27-14)12-24(2,3)13-18(22)29/h4-11,21,27H,12-13H2,1-3H3,(H,26,28,30)/t21-/m0/s1. The van der Waals surface area contributed by atoms with E-state index in [0.717, 1.165) is 23.4 Å². The number of rotatable bonds is 3. The van der Waals surface area contributed by atoms with Crippen molar-refractivity contribution in [3.05, 3.63) is 81.8 Å². The van der Waals surface area contributed by atoms with Crippen LogP contribution in [0.25, 0.3) is 0 Å². The third-order valence-corrected chi connectivity index (χ3v) is 5.81. The minimum Gasteiger partial charge on any atom is -0.362 e. The highest BCUT2D eigenvalue weighted by Crippen LogP contribution is 2.46. The molecule has 2 heterocycles. The lowest BCUT2D eigenvalue weighted by Crippen LogP contribution is -2.39. The second kappa shape index (κ2) is 7.73. The number of hydrogen-bond donors (Lipinski definition) is 2. The van der Waals surface area contributed by atoms with Gasteiger partial charge in [0.2, 0.25) is 0 Å². The summed E-state index contributed by atoms with van der Waals surface area (Å²) >= 11 is 6.27. The largest absolute Gasteiger partial charge is 0.362 e. The summed E-state index contributed by atoms with van der Waals surface area (Å²) in [6.45, 7) is 6.06. The van der Waals surface area contributed by atoms with Crippen LogP contribution < -0.4 is 10.6 Å². The second-order valence-corrected chi connectivity index (χ2v) is 9.09. The summed E-state index contributed by atoms with van der Waals surface area (Å²) in [5.41, 5.74) is 3.50. The molecule has 0 fully saturated rings. The molecule has 0 saturated carbocycles. The van der Waals surface area contributed by atoms with Crippen LogP contribution in [0.5, 0.6) is 0 Å². The lowest BCUT2D eigenvalue weighted by molar-refractivity contribution is -0.118. The van der Waals surface area contributed by atoms with Gasteiger partial charge < -0.3 is 10.6 Å². The van der Waals surface area contributed by atoms with Crippen LogP contribution in [-0.4, -0.2) is 16.7 Å². The highest BCUT2D eigenvalue weighted by Gasteiger charge is 2.42. The van der Waals surface area contributed by atoms with Crippen LogP contribution in [0.1, 0.15) is 45.1 Å². The van der Waals surface area contributed by atoms with E-state index in [9.17, 15) is 9.59 Å². The Morgan fingerprint density at radius 1 is 1.20 bits per heavy atom. The Labute approximate surface area is 181 Å². The third-order valence-electron chi connectivity index (χ3n) is 5.57. The molecular weight excluding hydrogens is 398 g/mol. The maximum absolute atomic E-state index is 13.3. The van der Waals surface area contributed by atoms with Crippen LogP contribution in [-0.2, 0) is 9.59 Å². The van der Waals surface area contributed by atoms with Gasteiger partial charge in [0.05, 0.1) is 0 Å². The highest BCUT2D eigenvalue weighted by atomic mass is 35.5. The smallest absolute Gasteiger partial charge is 0.255 e. The Morgan fingerprint density at radius 3 is 2.70 bits per heavy atom. The average molecular weight is 422 g/mol. The fourth-order valence-corrected chi connectivity index (χ4v) is 4.58. The molecule has 4 rings (SSSR count). The molecule has 154 valence electrons. The van der Waals surface area contributed by atoms with Crippen molar-refractivity contribution in [3.8, 4) is 0 Å². The fourth-order valence-electron chi connectivity index (χ4n) is 4.38. The van der Waals surface area contributed by atoms with Crippen LogP contribution in [0.2, 0.25) is 5.02 Å². The molecule has 0 spiro atoms. The zero-order chi connectivity index (χ0) is 21.5. The molecule has 1 aromatic carbocycles. The molecule has 1 aliphatic carbocycles. The molecule has 1 amide bonds. The first-order valence-electron chi connectivity index (χ1n) is 9.97. The fraction of sp³-hybridized carbons (Fsp3) is 0.292. The van der Waals surface area contributed by atoms with Gasteiger partial charge in [0.25, 0.3) is 5.91 Å². The zero-order valence-corrected chi connectivity index (χ0v) is 18.0. The predicted molar refractivity (Wildman–Crippen MR) is 118 cm³/mol. The molecule has 2 N–H and O–H groups in total. The molecule has 1 aliphatic heterocycles. The van der Waals surface area contributed by atoms with Gasteiger partial charge >= 0.3 is 0 Å². The number of amides is 1. The van der Waals surface area contributed by atoms with Crippen LogP contribution in [0.4, 0.5) is 5.82 Å². The lowest BCUT2D eigenvalue weighted by Gasteiger charge is -2.39. The van der Waals surface area contributed by atoms with E-state index in [1.165, 1.54) is 0 Å². The summed E-state index contributed by atoms with van der Waals surface area (Å²) in [5.74, 6) is -0.238. The normalized spacial score (nSPS) is 20.5. The van der Waals surface area contributed by atoms with Crippen molar-refractivity contribution in [2.45, 2.75) is 39.5 Å². The Morgan fingerprint density at radius 2 is 2.00 bits per heavy atom. The van der Waals surface area contributed by atoms with Crippen molar-refractivity contribution in [3.63, 3.8) is 0 Å². The summed E-state index contributed by atoms with van der Waals surface area (Å²) < 4.78 is 0. The quantitative estimate of drug-likeness (QED) is 0.733. The summed E-state index contributed by atoms with van der Waals surface area (Å²) in [5, 5.41) is 6.80. The topological polar surface area (TPSA) is 71.1 Å². The van der Waals surface area contributed by atoms with Crippen molar-refractivity contribution in [1.29, 1.82) is 0 Å². The molecule has 2 aliphatic rings. The van der Waals surface area contributed by atoms with E-state index in [-0.39, 0.29) is 17.1 Å². The van der Waals surface area contributed by atoms with Gasteiger partial charge in [0.1, 0.15) is 5.82 Å². The number of carbonyl (C=O) groups excluding carboxylic acids is 2. The van der Waals surface area contributed by atoms with E-state index in [1.54, 1.807) is 24.4 Å². The van der Waals surface area contributed by atoms with Gasteiger partial charge in [-0.1, -0.05) is 43.6 Å². The Hall–Kier alpha value is -2.92. The third kappa shape index (κ3) is 3.90. The SMILES string of the molecule is CC1=C(C(=O)Nc2ccccn2)[C@H](c2cccc(Cl)c2)C2=C(CC(C)(C)CC2=O)N1. The highest BCUT2D eigenvalue weighted by molar-refractivity contribution is 6.30. The first-order valence-corrected chi connectivity index (χ1v) is 10.3. The number of benzene rings is 1. The van der Waals surface area contributed by atoms with E-state index < -0.39 is 5.92 Å². The molecule has 30 heavy (non-hydrogen) atoms. The Kier molecular flexibility index (Phi) is 5.24. The maximum atomic E-state index is 13.3. The number of halogens is 1. The van der Waals surface area contributed by atoms with Gasteiger partial charge in [-0.25, -0.2) is 4.98 Å². The number of dihydropyridines is 1. The number of Topliss-reactive ketones (excluding diaryl/α,β-unsaturated/α-hetero) is 1. The van der Waals surface area contributed by atoms with Gasteiger partial charge in [0.15, 0.2) is 5.78 Å². The molecule has 2 aromatic rings. The van der Waals surface area contributed by atoms with E-state index in [2.05, 4.69) is 29.5 Å². The van der Waals surface area contributed by atoms with Gasteiger partial charge in [-0.2, -0.15) is 0 Å². The zero-order valence-electron chi connectivity index (χ0n) is 17.3. The molecule has 1 atom stereocenters. The van der Waals surface area contributed by atoms with Gasteiger partial charge in [-0.3, -0.25) is 9.59 Å².